The summed E-state index contributed by atoms with van der Waals surface area (Å²) >= 11 is 0. The van der Waals surface area contributed by atoms with Gasteiger partial charge in [0.05, 0.1) is 12.2 Å². The normalized spacial score (nSPS) is 46.5. The van der Waals surface area contributed by atoms with E-state index in [0.717, 1.165) is 38.5 Å². The first kappa shape index (κ1) is 25.7. The van der Waals surface area contributed by atoms with E-state index in [-0.39, 0.29) is 64.8 Å². The maximum atomic E-state index is 12.1. The van der Waals surface area contributed by atoms with Gasteiger partial charge in [0.15, 0.2) is 0 Å². The van der Waals surface area contributed by atoms with Crippen molar-refractivity contribution >= 4 is 11.9 Å². The van der Waals surface area contributed by atoms with E-state index in [1.54, 1.807) is 6.92 Å². The van der Waals surface area contributed by atoms with Crippen LogP contribution in [0.1, 0.15) is 85.5 Å². The van der Waals surface area contributed by atoms with Gasteiger partial charge in [0, 0.05) is 12.0 Å². The van der Waals surface area contributed by atoms with Gasteiger partial charge in [-0.1, -0.05) is 27.4 Å². The molecule has 34 heavy (non-hydrogen) atoms. The van der Waals surface area contributed by atoms with Crippen LogP contribution in [-0.4, -0.2) is 45.6 Å². The number of aliphatic hydroxyl groups is 2. The van der Waals surface area contributed by atoms with Crippen molar-refractivity contribution in [1.82, 2.24) is 0 Å². The Morgan fingerprint density at radius 1 is 1.09 bits per heavy atom. The predicted octanol–water partition coefficient (Wildman–Crippen LogP) is 4.58. The first-order valence-electron chi connectivity index (χ1n) is 13.3. The van der Waals surface area contributed by atoms with Crippen LogP contribution in [0.25, 0.3) is 0 Å². The highest BCUT2D eigenvalue weighted by molar-refractivity contribution is 5.87. The zero-order valence-electron chi connectivity index (χ0n) is 21.3. The van der Waals surface area contributed by atoms with Gasteiger partial charge in [0.2, 0.25) is 0 Å². The number of aliphatic hydroxyl groups excluding tert-OH is 2. The molecule has 0 heterocycles. The molecule has 0 bridgehead atoms. The van der Waals surface area contributed by atoms with Crippen LogP contribution in [0, 0.1) is 46.3 Å². The molecule has 11 atom stereocenters. The fourth-order valence-electron chi connectivity index (χ4n) is 9.03. The zero-order valence-corrected chi connectivity index (χ0v) is 21.3. The molecular weight excluding hydrogens is 432 g/mol. The molecule has 0 aromatic heterocycles. The van der Waals surface area contributed by atoms with Gasteiger partial charge < -0.3 is 20.1 Å². The van der Waals surface area contributed by atoms with E-state index in [4.69, 9.17) is 9.84 Å². The Morgan fingerprint density at radius 2 is 1.79 bits per heavy atom. The van der Waals surface area contributed by atoms with Crippen molar-refractivity contribution in [2.75, 3.05) is 0 Å². The van der Waals surface area contributed by atoms with Crippen LogP contribution >= 0.6 is 0 Å². The number of carboxylic acid groups (broad SMARTS) is 1. The van der Waals surface area contributed by atoms with Crippen molar-refractivity contribution in [1.29, 1.82) is 0 Å². The van der Waals surface area contributed by atoms with Gasteiger partial charge in [-0.25, -0.2) is 4.79 Å². The number of carboxylic acids is 1. The van der Waals surface area contributed by atoms with E-state index >= 15 is 0 Å². The lowest BCUT2D eigenvalue weighted by molar-refractivity contribution is -0.209. The molecule has 6 heteroatoms. The summed E-state index contributed by atoms with van der Waals surface area (Å²) in [4.78, 5) is 23.2. The number of carbonyl (C=O) groups is 2. The lowest BCUT2D eigenvalue weighted by Gasteiger charge is -2.63. The molecule has 0 spiro atoms. The summed E-state index contributed by atoms with van der Waals surface area (Å²) in [7, 11) is 0. The van der Waals surface area contributed by atoms with Crippen molar-refractivity contribution < 1.29 is 29.6 Å². The molecular formula is C28H44O6. The average molecular weight is 477 g/mol. The van der Waals surface area contributed by atoms with Crippen molar-refractivity contribution in [3.05, 3.63) is 12.2 Å². The van der Waals surface area contributed by atoms with Gasteiger partial charge >= 0.3 is 11.9 Å². The third-order valence-corrected chi connectivity index (χ3v) is 10.9. The van der Waals surface area contributed by atoms with Gasteiger partial charge in [0.1, 0.15) is 6.10 Å². The molecule has 192 valence electrons. The van der Waals surface area contributed by atoms with Crippen LogP contribution in [-0.2, 0) is 14.3 Å². The SMILES string of the molecule is C=C(C)C(=O)O[C@@H]1CC[C@@]2(C)[C@@H](C1)C[C@@H](O)[C@@H]1[C@@H]2C[C@H](O)[C@]2(C)[C@@H]([C@H](C)CCC(=O)O)CC[C@@H]12. The topological polar surface area (TPSA) is 104 Å². The van der Waals surface area contributed by atoms with E-state index in [1.807, 2.05) is 0 Å². The maximum absolute atomic E-state index is 12.1. The highest BCUT2D eigenvalue weighted by atomic mass is 16.5. The molecule has 0 radical (unpaired) electrons. The largest absolute Gasteiger partial charge is 0.481 e. The second-order valence-electron chi connectivity index (χ2n) is 12.6. The fraction of sp³-hybridized carbons (Fsp3) is 0.857. The molecule has 0 unspecified atom stereocenters. The summed E-state index contributed by atoms with van der Waals surface area (Å²) in [5.74, 6) is 0.361. The number of aliphatic carboxylic acids is 1. The van der Waals surface area contributed by atoms with Crippen LogP contribution in [0.2, 0.25) is 0 Å². The number of fused-ring (bicyclic) bond motifs is 5. The summed E-state index contributed by atoms with van der Waals surface area (Å²) < 4.78 is 5.69. The Bertz CT molecular complexity index is 824. The van der Waals surface area contributed by atoms with Gasteiger partial charge in [0.25, 0.3) is 0 Å². The summed E-state index contributed by atoms with van der Waals surface area (Å²) in [6, 6.07) is 0. The van der Waals surface area contributed by atoms with Gasteiger partial charge in [-0.2, -0.15) is 0 Å². The van der Waals surface area contributed by atoms with Crippen LogP contribution in [0.4, 0.5) is 0 Å². The third kappa shape index (κ3) is 4.13. The van der Waals surface area contributed by atoms with Crippen LogP contribution in [0.3, 0.4) is 0 Å². The molecule has 4 aliphatic rings. The van der Waals surface area contributed by atoms with Crippen molar-refractivity contribution in [2.24, 2.45) is 46.3 Å². The number of hydrogen-bond acceptors (Lipinski definition) is 5. The summed E-state index contributed by atoms with van der Waals surface area (Å²) in [5, 5.41) is 32.3. The predicted molar refractivity (Wildman–Crippen MR) is 129 cm³/mol. The van der Waals surface area contributed by atoms with E-state index in [1.165, 1.54) is 0 Å². The molecule has 0 aliphatic heterocycles. The molecule has 4 aliphatic carbocycles. The summed E-state index contributed by atoms with van der Waals surface area (Å²) in [5.41, 5.74) is 0.156. The van der Waals surface area contributed by atoms with Crippen LogP contribution < -0.4 is 0 Å². The van der Waals surface area contributed by atoms with Crippen molar-refractivity contribution in [3.8, 4) is 0 Å². The average Bonchev–Trinajstić information content (AvgIpc) is 3.12. The summed E-state index contributed by atoms with van der Waals surface area (Å²) in [6.45, 7) is 12.1. The number of hydrogen-bond donors (Lipinski definition) is 3. The van der Waals surface area contributed by atoms with E-state index < -0.39 is 18.2 Å². The minimum absolute atomic E-state index is 0.0192. The third-order valence-electron chi connectivity index (χ3n) is 10.9. The summed E-state index contributed by atoms with van der Waals surface area (Å²) in [6.07, 6.45) is 5.74. The Morgan fingerprint density at radius 3 is 2.44 bits per heavy atom. The first-order chi connectivity index (χ1) is 15.9. The van der Waals surface area contributed by atoms with Gasteiger partial charge in [-0.3, -0.25) is 4.79 Å². The highest BCUT2D eigenvalue weighted by Crippen LogP contribution is 2.68. The minimum Gasteiger partial charge on any atom is -0.481 e. The Balaban J connectivity index is 1.54. The Labute approximate surface area is 204 Å². The zero-order chi connectivity index (χ0) is 25.0. The molecule has 4 fully saturated rings. The lowest BCUT2D eigenvalue weighted by Crippen LogP contribution is -2.62. The van der Waals surface area contributed by atoms with Crippen LogP contribution in [0.15, 0.2) is 12.2 Å². The quantitative estimate of drug-likeness (QED) is 0.383. The van der Waals surface area contributed by atoms with Crippen molar-refractivity contribution in [3.63, 3.8) is 0 Å². The second kappa shape index (κ2) is 9.24. The van der Waals surface area contributed by atoms with Crippen molar-refractivity contribution in [2.45, 2.75) is 104 Å². The molecule has 0 saturated heterocycles. The molecule has 4 rings (SSSR count). The Hall–Kier alpha value is -1.40. The molecule has 4 saturated carbocycles. The van der Waals surface area contributed by atoms with E-state index in [9.17, 15) is 19.8 Å². The van der Waals surface area contributed by atoms with E-state index in [2.05, 4.69) is 27.4 Å². The standard InChI is InChI=1S/C28H44O6/c1-15(2)26(33)34-18-10-11-27(4)17(12-18)13-22(29)25-20-8-7-19(16(3)6-9-24(31)32)28(20,5)23(30)14-21(25)27/h16-23,25,29-30H,1,6-14H2,2-5H3,(H,31,32)/t16-,17+,18-,19-,20+,21+,22-,23+,25+,27+,28-/m1/s1. The smallest absolute Gasteiger partial charge is 0.333 e. The Kier molecular flexibility index (Phi) is 6.98. The van der Waals surface area contributed by atoms with Gasteiger partial charge in [-0.05, 0) is 105 Å². The first-order valence-corrected chi connectivity index (χ1v) is 13.3. The highest BCUT2D eigenvalue weighted by Gasteiger charge is 2.65. The fourth-order valence-corrected chi connectivity index (χ4v) is 9.03. The molecule has 0 amide bonds. The van der Waals surface area contributed by atoms with Gasteiger partial charge in [-0.15, -0.1) is 0 Å². The maximum Gasteiger partial charge on any atom is 0.333 e. The lowest BCUT2D eigenvalue weighted by atomic mass is 9.43. The number of rotatable bonds is 6. The molecule has 6 nitrogen and oxygen atoms in total. The number of carbonyl (C=O) groups excluding carboxylic acids is 1. The molecule has 3 N–H and O–H groups in total. The van der Waals surface area contributed by atoms with E-state index in [0.29, 0.717) is 18.4 Å². The second-order valence-corrected chi connectivity index (χ2v) is 12.6. The molecule has 0 aromatic carbocycles. The number of esters is 1. The molecule has 0 aromatic rings. The number of ether oxygens (including phenoxy) is 1. The monoisotopic (exact) mass is 476 g/mol. The minimum atomic E-state index is -0.762. The van der Waals surface area contributed by atoms with Crippen LogP contribution in [0.5, 0.6) is 0 Å².